The molecule has 0 atom stereocenters. The Morgan fingerprint density at radius 2 is 1.78 bits per heavy atom. The van der Waals surface area contributed by atoms with Gasteiger partial charge >= 0.3 is 0 Å². The van der Waals surface area contributed by atoms with Gasteiger partial charge < -0.3 is 4.74 Å². The van der Waals surface area contributed by atoms with Gasteiger partial charge in [-0.1, -0.05) is 35.2 Å². The second kappa shape index (κ2) is 7.15. The first kappa shape index (κ1) is 13.9. The van der Waals surface area contributed by atoms with E-state index in [1.165, 1.54) is 55.2 Å². The van der Waals surface area contributed by atoms with Crippen molar-refractivity contribution in [3.05, 3.63) is 28.2 Å². The molecule has 0 radical (unpaired) electrons. The first-order chi connectivity index (χ1) is 8.79. The molecular weight excluding hydrogens is 290 g/mol. The van der Waals surface area contributed by atoms with E-state index in [-0.39, 0.29) is 0 Å². The molecule has 18 heavy (non-hydrogen) atoms. The summed E-state index contributed by atoms with van der Waals surface area (Å²) in [5.41, 5.74) is 1.33. The third-order valence-electron chi connectivity index (χ3n) is 3.60. The van der Waals surface area contributed by atoms with Crippen LogP contribution in [0.4, 0.5) is 0 Å². The van der Waals surface area contributed by atoms with Crippen LogP contribution in [0.15, 0.2) is 22.7 Å². The predicted molar refractivity (Wildman–Crippen MR) is 79.1 cm³/mol. The minimum Gasteiger partial charge on any atom is -0.497 e. The van der Waals surface area contributed by atoms with E-state index in [0.717, 1.165) is 12.3 Å². The van der Waals surface area contributed by atoms with Crippen molar-refractivity contribution in [3.63, 3.8) is 0 Å². The molecule has 0 saturated carbocycles. The lowest BCUT2D eigenvalue weighted by Gasteiger charge is -2.25. The summed E-state index contributed by atoms with van der Waals surface area (Å²) in [6.07, 6.45) is 6.85. The lowest BCUT2D eigenvalue weighted by atomic mass is 10.1. The molecule has 0 unspecified atom stereocenters. The Morgan fingerprint density at radius 3 is 2.44 bits per heavy atom. The van der Waals surface area contributed by atoms with Gasteiger partial charge in [0.2, 0.25) is 0 Å². The van der Waals surface area contributed by atoms with Gasteiger partial charge in [-0.3, -0.25) is 4.90 Å². The van der Waals surface area contributed by atoms with Crippen LogP contribution in [0.2, 0.25) is 0 Å². The van der Waals surface area contributed by atoms with Gasteiger partial charge in [0.15, 0.2) is 0 Å². The number of hydrogen-bond donors (Lipinski definition) is 0. The second-order valence-electron chi connectivity index (χ2n) is 5.00. The van der Waals surface area contributed by atoms with Gasteiger partial charge in [0.1, 0.15) is 5.75 Å². The zero-order valence-corrected chi connectivity index (χ0v) is 12.7. The molecule has 3 heteroatoms. The molecule has 0 bridgehead atoms. The fourth-order valence-corrected chi connectivity index (χ4v) is 2.88. The highest BCUT2D eigenvalue weighted by atomic mass is 79.9. The van der Waals surface area contributed by atoms with Gasteiger partial charge in [-0.25, -0.2) is 0 Å². The van der Waals surface area contributed by atoms with Crippen molar-refractivity contribution >= 4 is 15.9 Å². The standard InChI is InChI=1S/C15H22BrNO/c1-18-14-7-8-15(16)13(11-14)12-17-9-5-3-2-4-6-10-17/h7-8,11H,2-6,9-10,12H2,1H3. The summed E-state index contributed by atoms with van der Waals surface area (Å²) in [7, 11) is 1.73. The molecule has 0 amide bonds. The minimum absolute atomic E-state index is 0.945. The van der Waals surface area contributed by atoms with E-state index in [1.807, 2.05) is 6.07 Å². The van der Waals surface area contributed by atoms with Crippen LogP contribution >= 0.6 is 15.9 Å². The highest BCUT2D eigenvalue weighted by Gasteiger charge is 2.11. The Hall–Kier alpha value is -0.540. The molecule has 0 aromatic heterocycles. The summed E-state index contributed by atoms with van der Waals surface area (Å²) in [5, 5.41) is 0. The number of nitrogens with zero attached hydrogens (tertiary/aromatic N) is 1. The van der Waals surface area contributed by atoms with Crippen molar-refractivity contribution in [1.29, 1.82) is 0 Å². The van der Waals surface area contributed by atoms with Crippen molar-refractivity contribution < 1.29 is 4.74 Å². The molecular formula is C15H22BrNO. The van der Waals surface area contributed by atoms with Crippen molar-refractivity contribution in [2.24, 2.45) is 0 Å². The Labute approximate surface area is 118 Å². The SMILES string of the molecule is COc1ccc(Br)c(CN2CCCCCCC2)c1. The molecule has 1 aliphatic heterocycles. The topological polar surface area (TPSA) is 12.5 Å². The number of benzene rings is 1. The maximum absolute atomic E-state index is 5.30. The number of ether oxygens (including phenoxy) is 1. The van der Waals surface area contributed by atoms with Crippen LogP contribution in [0.5, 0.6) is 5.75 Å². The molecule has 1 aliphatic rings. The molecule has 0 spiro atoms. The summed E-state index contributed by atoms with van der Waals surface area (Å²) in [4.78, 5) is 2.57. The quantitative estimate of drug-likeness (QED) is 0.828. The molecule has 2 rings (SSSR count). The van der Waals surface area contributed by atoms with Crippen molar-refractivity contribution in [2.45, 2.75) is 38.6 Å². The zero-order chi connectivity index (χ0) is 12.8. The highest BCUT2D eigenvalue weighted by molar-refractivity contribution is 9.10. The van der Waals surface area contributed by atoms with Crippen LogP contribution in [-0.4, -0.2) is 25.1 Å². The Balaban J connectivity index is 2.02. The second-order valence-corrected chi connectivity index (χ2v) is 5.86. The predicted octanol–water partition coefficient (Wildman–Crippen LogP) is 4.22. The van der Waals surface area contributed by atoms with Crippen LogP contribution < -0.4 is 4.74 Å². The van der Waals surface area contributed by atoms with Crippen LogP contribution in [-0.2, 0) is 6.54 Å². The van der Waals surface area contributed by atoms with Gasteiger partial charge in [0, 0.05) is 11.0 Å². The van der Waals surface area contributed by atoms with Gasteiger partial charge in [-0.2, -0.15) is 0 Å². The molecule has 1 fully saturated rings. The average molecular weight is 312 g/mol. The zero-order valence-electron chi connectivity index (χ0n) is 11.1. The molecule has 0 aliphatic carbocycles. The average Bonchev–Trinajstić information content (AvgIpc) is 2.35. The maximum atomic E-state index is 5.30. The van der Waals surface area contributed by atoms with Gasteiger partial charge in [-0.05, 0) is 49.7 Å². The van der Waals surface area contributed by atoms with E-state index >= 15 is 0 Å². The lowest BCUT2D eigenvalue weighted by molar-refractivity contribution is 0.239. The Bertz CT molecular complexity index is 373. The minimum atomic E-state index is 0.945. The number of likely N-dealkylation sites (tertiary alicyclic amines) is 1. The van der Waals surface area contributed by atoms with E-state index in [0.29, 0.717) is 0 Å². The largest absolute Gasteiger partial charge is 0.497 e. The number of hydrogen-bond acceptors (Lipinski definition) is 2. The third-order valence-corrected chi connectivity index (χ3v) is 4.37. The molecule has 0 N–H and O–H groups in total. The molecule has 1 aromatic carbocycles. The molecule has 1 saturated heterocycles. The van der Waals surface area contributed by atoms with Crippen LogP contribution in [0, 0.1) is 0 Å². The van der Waals surface area contributed by atoms with Gasteiger partial charge in [-0.15, -0.1) is 0 Å². The fourth-order valence-electron chi connectivity index (χ4n) is 2.51. The number of methoxy groups -OCH3 is 1. The lowest BCUT2D eigenvalue weighted by Crippen LogP contribution is -2.27. The van der Waals surface area contributed by atoms with E-state index < -0.39 is 0 Å². The summed E-state index contributed by atoms with van der Waals surface area (Å²) >= 11 is 3.64. The third kappa shape index (κ3) is 3.99. The van der Waals surface area contributed by atoms with E-state index in [2.05, 4.69) is 33.0 Å². The number of halogens is 1. The highest BCUT2D eigenvalue weighted by Crippen LogP contribution is 2.24. The fraction of sp³-hybridized carbons (Fsp3) is 0.600. The maximum Gasteiger partial charge on any atom is 0.119 e. The van der Waals surface area contributed by atoms with Crippen molar-refractivity contribution in [2.75, 3.05) is 20.2 Å². The first-order valence-corrected chi connectivity index (χ1v) is 7.63. The monoisotopic (exact) mass is 311 g/mol. The Morgan fingerprint density at radius 1 is 1.11 bits per heavy atom. The van der Waals surface area contributed by atoms with Crippen molar-refractivity contribution in [1.82, 2.24) is 4.90 Å². The molecule has 1 heterocycles. The summed E-state index contributed by atoms with van der Waals surface area (Å²) in [5.74, 6) is 0.945. The van der Waals surface area contributed by atoms with Gasteiger partial charge in [0.25, 0.3) is 0 Å². The van der Waals surface area contributed by atoms with Gasteiger partial charge in [0.05, 0.1) is 7.11 Å². The summed E-state index contributed by atoms with van der Waals surface area (Å²) in [6, 6.07) is 6.22. The summed E-state index contributed by atoms with van der Waals surface area (Å²) in [6.45, 7) is 3.48. The smallest absolute Gasteiger partial charge is 0.119 e. The van der Waals surface area contributed by atoms with E-state index in [1.54, 1.807) is 7.11 Å². The molecule has 100 valence electrons. The normalized spacial score (nSPS) is 18.1. The molecule has 1 aromatic rings. The van der Waals surface area contributed by atoms with Crippen LogP contribution in [0.25, 0.3) is 0 Å². The van der Waals surface area contributed by atoms with E-state index in [4.69, 9.17) is 4.74 Å². The number of rotatable bonds is 3. The van der Waals surface area contributed by atoms with Crippen LogP contribution in [0.3, 0.4) is 0 Å². The Kier molecular flexibility index (Phi) is 5.51. The van der Waals surface area contributed by atoms with Crippen molar-refractivity contribution in [3.8, 4) is 5.75 Å². The first-order valence-electron chi connectivity index (χ1n) is 6.84. The van der Waals surface area contributed by atoms with E-state index in [9.17, 15) is 0 Å². The summed E-state index contributed by atoms with van der Waals surface area (Å²) < 4.78 is 6.49. The van der Waals surface area contributed by atoms with Crippen LogP contribution in [0.1, 0.15) is 37.7 Å². The molecule has 2 nitrogen and oxygen atoms in total.